The molecule has 3 nitrogen and oxygen atoms in total. The Labute approximate surface area is 151 Å². The Balaban J connectivity index is 1.89. The van der Waals surface area contributed by atoms with Gasteiger partial charge in [-0.05, 0) is 24.6 Å². The zero-order valence-electron chi connectivity index (χ0n) is 14.4. The smallest absolute Gasteiger partial charge is 0.161 e. The lowest BCUT2D eigenvalue weighted by atomic mass is 10.0. The van der Waals surface area contributed by atoms with Gasteiger partial charge in [-0.3, -0.25) is 4.40 Å². The lowest BCUT2D eigenvalue weighted by Gasteiger charge is -2.03. The van der Waals surface area contributed by atoms with Gasteiger partial charge in [-0.1, -0.05) is 66.7 Å². The van der Waals surface area contributed by atoms with E-state index in [0.717, 1.165) is 33.6 Å². The molecule has 0 saturated heterocycles. The third kappa shape index (κ3) is 2.21. The van der Waals surface area contributed by atoms with Gasteiger partial charge in [0.1, 0.15) is 5.65 Å². The van der Waals surface area contributed by atoms with Crippen molar-refractivity contribution in [1.29, 1.82) is 0 Å². The predicted octanol–water partition coefficient (Wildman–Crippen LogP) is 5.52. The van der Waals surface area contributed by atoms with Gasteiger partial charge in [-0.2, -0.15) is 0 Å². The van der Waals surface area contributed by atoms with Crippen LogP contribution in [0.5, 0.6) is 0 Å². The van der Waals surface area contributed by atoms with Crippen molar-refractivity contribution in [2.75, 3.05) is 0 Å². The molecule has 0 unspecified atom stereocenters. The van der Waals surface area contributed by atoms with Crippen molar-refractivity contribution in [3.63, 3.8) is 0 Å². The number of hydrogen-bond acceptors (Lipinski definition) is 2. The third-order valence-electron chi connectivity index (χ3n) is 4.79. The number of aromatic nitrogens is 3. The van der Waals surface area contributed by atoms with Gasteiger partial charge in [-0.25, -0.2) is 9.97 Å². The van der Waals surface area contributed by atoms with Crippen LogP contribution in [0.15, 0.2) is 85.1 Å². The number of nitrogens with zero attached hydrogens (tertiary/aromatic N) is 3. The van der Waals surface area contributed by atoms with Crippen LogP contribution >= 0.6 is 0 Å². The van der Waals surface area contributed by atoms with Crippen molar-refractivity contribution in [3.05, 3.63) is 90.8 Å². The average molecular weight is 335 g/mol. The number of fused-ring (bicyclic) bond motifs is 3. The van der Waals surface area contributed by atoms with E-state index in [0.29, 0.717) is 0 Å². The summed E-state index contributed by atoms with van der Waals surface area (Å²) in [6, 6.07) is 26.9. The molecular weight excluding hydrogens is 318 g/mol. The maximum atomic E-state index is 4.93. The molecular formula is C23H17N3. The Kier molecular flexibility index (Phi) is 3.32. The minimum Gasteiger partial charge on any atom is -0.298 e. The molecule has 0 N–H and O–H groups in total. The van der Waals surface area contributed by atoms with Crippen molar-refractivity contribution in [2.24, 2.45) is 0 Å². The van der Waals surface area contributed by atoms with E-state index in [1.807, 2.05) is 42.6 Å². The molecule has 0 aliphatic carbocycles. The molecule has 0 radical (unpaired) electrons. The monoisotopic (exact) mass is 335 g/mol. The van der Waals surface area contributed by atoms with Gasteiger partial charge in [0.05, 0.1) is 5.52 Å². The molecule has 3 heterocycles. The molecule has 0 aliphatic heterocycles. The maximum absolute atomic E-state index is 4.93. The van der Waals surface area contributed by atoms with Crippen molar-refractivity contribution >= 4 is 16.6 Å². The fourth-order valence-corrected chi connectivity index (χ4v) is 3.59. The Morgan fingerprint density at radius 2 is 1.42 bits per heavy atom. The lowest BCUT2D eigenvalue weighted by molar-refractivity contribution is 1.10. The summed E-state index contributed by atoms with van der Waals surface area (Å²) in [6.45, 7) is 2.12. The first kappa shape index (κ1) is 14.8. The molecule has 26 heavy (non-hydrogen) atoms. The lowest BCUT2D eigenvalue weighted by Crippen LogP contribution is -1.94. The molecule has 0 saturated carbocycles. The highest BCUT2D eigenvalue weighted by molar-refractivity contribution is 6.04. The second kappa shape index (κ2) is 5.81. The molecule has 0 spiro atoms. The maximum Gasteiger partial charge on any atom is 0.161 e. The number of rotatable bonds is 2. The first-order valence-electron chi connectivity index (χ1n) is 8.70. The minimum atomic E-state index is 0.750. The number of pyridine rings is 1. The minimum absolute atomic E-state index is 0.750. The van der Waals surface area contributed by atoms with Gasteiger partial charge in [-0.15, -0.1) is 0 Å². The van der Waals surface area contributed by atoms with Crippen LogP contribution in [0.25, 0.3) is 39.1 Å². The number of hydrogen-bond donors (Lipinski definition) is 0. The van der Waals surface area contributed by atoms with Crippen LogP contribution in [0.3, 0.4) is 0 Å². The molecule has 3 heteroatoms. The third-order valence-corrected chi connectivity index (χ3v) is 4.79. The fraction of sp³-hybridized carbons (Fsp3) is 0.0435. The van der Waals surface area contributed by atoms with E-state index in [9.17, 15) is 0 Å². The van der Waals surface area contributed by atoms with Crippen LogP contribution in [0.2, 0.25) is 0 Å². The summed E-state index contributed by atoms with van der Waals surface area (Å²) < 4.78 is 2.23. The van der Waals surface area contributed by atoms with E-state index < -0.39 is 0 Å². The van der Waals surface area contributed by atoms with Crippen molar-refractivity contribution in [1.82, 2.24) is 14.4 Å². The van der Waals surface area contributed by atoms with Gasteiger partial charge in [0.25, 0.3) is 0 Å². The van der Waals surface area contributed by atoms with E-state index in [-0.39, 0.29) is 0 Å². The highest BCUT2D eigenvalue weighted by atomic mass is 15.0. The summed E-state index contributed by atoms with van der Waals surface area (Å²) in [5.41, 5.74) is 6.66. The summed E-state index contributed by atoms with van der Waals surface area (Å²) >= 11 is 0. The Morgan fingerprint density at radius 3 is 2.15 bits per heavy atom. The molecule has 5 rings (SSSR count). The molecule has 2 aromatic carbocycles. The van der Waals surface area contributed by atoms with Gasteiger partial charge in [0.15, 0.2) is 5.82 Å². The fourth-order valence-electron chi connectivity index (χ4n) is 3.59. The van der Waals surface area contributed by atoms with E-state index in [1.54, 1.807) is 0 Å². The molecule has 5 aromatic rings. The number of benzene rings is 2. The normalized spacial score (nSPS) is 11.3. The predicted molar refractivity (Wildman–Crippen MR) is 106 cm³/mol. The molecule has 0 atom stereocenters. The van der Waals surface area contributed by atoms with E-state index in [2.05, 4.69) is 58.8 Å². The van der Waals surface area contributed by atoms with Crippen LogP contribution < -0.4 is 0 Å². The van der Waals surface area contributed by atoms with Gasteiger partial charge >= 0.3 is 0 Å². The highest BCUT2D eigenvalue weighted by Gasteiger charge is 2.17. The van der Waals surface area contributed by atoms with Crippen LogP contribution in [0.1, 0.15) is 5.69 Å². The van der Waals surface area contributed by atoms with E-state index in [1.165, 1.54) is 11.1 Å². The standard InChI is InChI=1S/C23H17N3/c1-16-9-8-14-20-21(17-10-4-2-5-11-17)19-15-24-22(25-23(19)26(16)20)18-12-6-3-7-13-18/h2-15H,1H3. The van der Waals surface area contributed by atoms with Gasteiger partial charge in [0, 0.05) is 28.4 Å². The van der Waals surface area contributed by atoms with Crippen LogP contribution in [0, 0.1) is 6.92 Å². The van der Waals surface area contributed by atoms with E-state index in [4.69, 9.17) is 4.98 Å². The second-order valence-corrected chi connectivity index (χ2v) is 6.43. The summed E-state index contributed by atoms with van der Waals surface area (Å²) in [6.07, 6.45) is 1.96. The van der Waals surface area contributed by atoms with Gasteiger partial charge < -0.3 is 0 Å². The first-order chi connectivity index (χ1) is 12.8. The quantitative estimate of drug-likeness (QED) is 0.425. The summed E-state index contributed by atoms with van der Waals surface area (Å²) in [7, 11) is 0. The van der Waals surface area contributed by atoms with Crippen molar-refractivity contribution in [2.45, 2.75) is 6.92 Å². The van der Waals surface area contributed by atoms with Gasteiger partial charge in [0.2, 0.25) is 0 Å². The molecule has 0 amide bonds. The molecule has 0 fully saturated rings. The van der Waals surface area contributed by atoms with Crippen LogP contribution in [-0.4, -0.2) is 14.4 Å². The van der Waals surface area contributed by atoms with Crippen LogP contribution in [0.4, 0.5) is 0 Å². The molecule has 3 aromatic heterocycles. The summed E-state index contributed by atoms with van der Waals surface area (Å²) in [5, 5.41) is 1.07. The topological polar surface area (TPSA) is 30.2 Å². The van der Waals surface area contributed by atoms with Crippen molar-refractivity contribution in [3.8, 4) is 22.5 Å². The zero-order valence-corrected chi connectivity index (χ0v) is 14.4. The average Bonchev–Trinajstić information content (AvgIpc) is 3.04. The Morgan fingerprint density at radius 1 is 0.731 bits per heavy atom. The molecule has 0 bridgehead atoms. The second-order valence-electron chi connectivity index (χ2n) is 6.43. The molecule has 124 valence electrons. The Hall–Kier alpha value is -3.46. The molecule has 0 aliphatic rings. The number of aryl methyl sites for hydroxylation is 1. The van der Waals surface area contributed by atoms with E-state index >= 15 is 0 Å². The first-order valence-corrected chi connectivity index (χ1v) is 8.70. The summed E-state index contributed by atoms with van der Waals surface area (Å²) in [4.78, 5) is 9.60. The highest BCUT2D eigenvalue weighted by Crippen LogP contribution is 2.35. The summed E-state index contributed by atoms with van der Waals surface area (Å²) in [5.74, 6) is 0.750. The largest absolute Gasteiger partial charge is 0.298 e. The van der Waals surface area contributed by atoms with Crippen molar-refractivity contribution < 1.29 is 0 Å². The SMILES string of the molecule is Cc1cccc2c(-c3ccccc3)c3cnc(-c4ccccc4)nc3n12. The zero-order chi connectivity index (χ0) is 17.5. The Bertz CT molecular complexity index is 1220. The van der Waals surface area contributed by atoms with Crippen LogP contribution in [-0.2, 0) is 0 Å².